The molecule has 0 fully saturated rings. The van der Waals surface area contributed by atoms with Crippen LogP contribution in [0.2, 0.25) is 0 Å². The van der Waals surface area contributed by atoms with Crippen LogP contribution in [0.5, 0.6) is 0 Å². The average molecular weight is 206 g/mol. The Morgan fingerprint density at radius 3 is 1.21 bits per heavy atom. The molecule has 0 saturated heterocycles. The van der Waals surface area contributed by atoms with Gasteiger partial charge in [-0.25, -0.2) is 0 Å². The maximum atomic E-state index is 9.73. The van der Waals surface area contributed by atoms with E-state index < -0.39 is 11.9 Å². The molecular formula is C8H18N2O4. The zero-order chi connectivity index (χ0) is 11.7. The van der Waals surface area contributed by atoms with E-state index >= 15 is 0 Å². The first kappa shape index (κ1) is 15.3. The van der Waals surface area contributed by atoms with E-state index in [2.05, 4.69) is 0 Å². The summed E-state index contributed by atoms with van der Waals surface area (Å²) in [6.45, 7) is 3.32. The predicted molar refractivity (Wildman–Crippen MR) is 51.8 cm³/mol. The molecule has 0 rings (SSSR count). The van der Waals surface area contributed by atoms with Crippen molar-refractivity contribution < 1.29 is 19.8 Å². The molecule has 0 aliphatic rings. The smallest absolute Gasteiger partial charge is 0.304 e. The Morgan fingerprint density at radius 2 is 1.21 bits per heavy atom. The molecular weight excluding hydrogens is 188 g/mol. The van der Waals surface area contributed by atoms with E-state index in [0.29, 0.717) is 0 Å². The van der Waals surface area contributed by atoms with Crippen molar-refractivity contribution in [2.45, 2.75) is 38.8 Å². The van der Waals surface area contributed by atoms with Gasteiger partial charge in [-0.15, -0.1) is 0 Å². The van der Waals surface area contributed by atoms with Crippen molar-refractivity contribution in [3.8, 4) is 0 Å². The minimum atomic E-state index is -0.838. The maximum absolute atomic E-state index is 9.73. The molecule has 6 N–H and O–H groups in total. The lowest BCUT2D eigenvalue weighted by molar-refractivity contribution is -0.138. The molecule has 0 heterocycles. The van der Waals surface area contributed by atoms with Gasteiger partial charge in [0.05, 0.1) is 12.8 Å². The summed E-state index contributed by atoms with van der Waals surface area (Å²) in [6.07, 6.45) is 0.111. The van der Waals surface area contributed by atoms with Gasteiger partial charge in [0, 0.05) is 12.1 Å². The van der Waals surface area contributed by atoms with Gasteiger partial charge in [0.15, 0.2) is 0 Å². The Morgan fingerprint density at radius 1 is 1.00 bits per heavy atom. The van der Waals surface area contributed by atoms with Gasteiger partial charge >= 0.3 is 11.9 Å². The van der Waals surface area contributed by atoms with Gasteiger partial charge in [-0.05, 0) is 13.8 Å². The third kappa shape index (κ3) is 22.4. The quantitative estimate of drug-likeness (QED) is 0.496. The number of hydrogen-bond donors (Lipinski definition) is 4. The minimum Gasteiger partial charge on any atom is -0.481 e. The molecule has 0 amide bonds. The molecule has 0 aromatic rings. The summed E-state index contributed by atoms with van der Waals surface area (Å²) in [5.74, 6) is -1.68. The van der Waals surface area contributed by atoms with E-state index in [-0.39, 0.29) is 24.9 Å². The minimum absolute atomic E-state index is 0.0556. The SMILES string of the molecule is CC(N)CC(=O)O.CC(N)CC(=O)O. The molecule has 0 aromatic heterocycles. The zero-order valence-corrected chi connectivity index (χ0v) is 8.43. The maximum Gasteiger partial charge on any atom is 0.304 e. The van der Waals surface area contributed by atoms with Crippen LogP contribution in [0.1, 0.15) is 26.7 Å². The number of carbonyl (C=O) groups is 2. The molecule has 14 heavy (non-hydrogen) atoms. The van der Waals surface area contributed by atoms with Crippen molar-refractivity contribution in [2.24, 2.45) is 11.5 Å². The first-order valence-corrected chi connectivity index (χ1v) is 4.20. The standard InChI is InChI=1S/2C4H9NO2/c2*1-3(5)2-4(6)7/h2*3H,2,5H2,1H3,(H,6,7). The largest absolute Gasteiger partial charge is 0.481 e. The van der Waals surface area contributed by atoms with Crippen molar-refractivity contribution in [3.63, 3.8) is 0 Å². The molecule has 0 aromatic carbocycles. The lowest BCUT2D eigenvalue weighted by atomic mass is 10.3. The van der Waals surface area contributed by atoms with Crippen molar-refractivity contribution in [1.82, 2.24) is 0 Å². The van der Waals surface area contributed by atoms with E-state index in [0.717, 1.165) is 0 Å². The van der Waals surface area contributed by atoms with Crippen LogP contribution in [0.15, 0.2) is 0 Å². The molecule has 84 valence electrons. The number of carboxylic acid groups (broad SMARTS) is 2. The van der Waals surface area contributed by atoms with Crippen LogP contribution < -0.4 is 11.5 Å². The highest BCUT2D eigenvalue weighted by atomic mass is 16.4. The van der Waals surface area contributed by atoms with Crippen molar-refractivity contribution in [1.29, 1.82) is 0 Å². The fraction of sp³-hybridized carbons (Fsp3) is 0.750. The van der Waals surface area contributed by atoms with Crippen LogP contribution in [0.4, 0.5) is 0 Å². The summed E-state index contributed by atoms with van der Waals surface area (Å²) in [5.41, 5.74) is 10.2. The highest BCUT2D eigenvalue weighted by molar-refractivity contribution is 5.67. The van der Waals surface area contributed by atoms with Crippen LogP contribution in [0, 0.1) is 0 Å². The fourth-order valence-corrected chi connectivity index (χ4v) is 0.551. The number of aliphatic carboxylic acids is 2. The summed E-state index contributed by atoms with van der Waals surface area (Å²) in [4.78, 5) is 19.5. The topological polar surface area (TPSA) is 127 Å². The molecule has 0 aliphatic heterocycles. The Kier molecular flexibility index (Phi) is 9.27. The van der Waals surface area contributed by atoms with Crippen molar-refractivity contribution in [2.75, 3.05) is 0 Å². The van der Waals surface area contributed by atoms with Gasteiger partial charge in [-0.1, -0.05) is 0 Å². The second-order valence-corrected chi connectivity index (χ2v) is 3.15. The van der Waals surface area contributed by atoms with Crippen molar-refractivity contribution in [3.05, 3.63) is 0 Å². The molecule has 2 unspecified atom stereocenters. The van der Waals surface area contributed by atoms with E-state index in [1.807, 2.05) is 0 Å². The molecule has 0 radical (unpaired) electrons. The number of rotatable bonds is 4. The summed E-state index contributed by atoms with van der Waals surface area (Å²) >= 11 is 0. The van der Waals surface area contributed by atoms with Gasteiger partial charge in [0.1, 0.15) is 0 Å². The van der Waals surface area contributed by atoms with Crippen molar-refractivity contribution >= 4 is 11.9 Å². The normalized spacial score (nSPS) is 13.4. The van der Waals surface area contributed by atoms with E-state index in [9.17, 15) is 9.59 Å². The van der Waals surface area contributed by atoms with Crippen LogP contribution in [0.3, 0.4) is 0 Å². The number of nitrogens with two attached hydrogens (primary N) is 2. The van der Waals surface area contributed by atoms with E-state index in [4.69, 9.17) is 21.7 Å². The third-order valence-electron chi connectivity index (χ3n) is 0.993. The van der Waals surface area contributed by atoms with Crippen LogP contribution in [-0.4, -0.2) is 34.2 Å². The molecule has 0 aliphatic carbocycles. The van der Waals surface area contributed by atoms with Gasteiger partial charge in [-0.2, -0.15) is 0 Å². The molecule has 0 bridgehead atoms. The van der Waals surface area contributed by atoms with Crippen LogP contribution in [0.25, 0.3) is 0 Å². The molecule has 2 atom stereocenters. The summed E-state index contributed by atoms with van der Waals surface area (Å²) in [5, 5.41) is 16.0. The monoisotopic (exact) mass is 206 g/mol. The lowest BCUT2D eigenvalue weighted by Crippen LogP contribution is -2.18. The lowest BCUT2D eigenvalue weighted by Gasteiger charge is -1.95. The van der Waals surface area contributed by atoms with Gasteiger partial charge in [-0.3, -0.25) is 9.59 Å². The Balaban J connectivity index is 0. The van der Waals surface area contributed by atoms with E-state index in [1.165, 1.54) is 0 Å². The Bertz CT molecular complexity index is 160. The first-order valence-electron chi connectivity index (χ1n) is 4.20. The van der Waals surface area contributed by atoms with Gasteiger partial charge < -0.3 is 21.7 Å². The first-order chi connectivity index (χ1) is 6.25. The molecule has 6 heteroatoms. The Labute approximate surface area is 82.9 Å². The highest BCUT2D eigenvalue weighted by Crippen LogP contribution is 1.82. The number of hydrogen-bond acceptors (Lipinski definition) is 4. The van der Waals surface area contributed by atoms with Crippen LogP contribution in [-0.2, 0) is 9.59 Å². The molecule has 6 nitrogen and oxygen atoms in total. The molecule has 0 saturated carbocycles. The second-order valence-electron chi connectivity index (χ2n) is 3.15. The number of carboxylic acids is 2. The molecule has 0 spiro atoms. The van der Waals surface area contributed by atoms with Crippen LogP contribution >= 0.6 is 0 Å². The predicted octanol–water partition coefficient (Wildman–Crippen LogP) is -0.383. The Hall–Kier alpha value is -1.14. The summed E-state index contributed by atoms with van der Waals surface area (Å²) in [7, 11) is 0. The van der Waals surface area contributed by atoms with E-state index in [1.54, 1.807) is 13.8 Å². The fourth-order valence-electron chi connectivity index (χ4n) is 0.551. The zero-order valence-electron chi connectivity index (χ0n) is 8.43. The van der Waals surface area contributed by atoms with Gasteiger partial charge in [0.2, 0.25) is 0 Å². The third-order valence-corrected chi connectivity index (χ3v) is 0.993. The second kappa shape index (κ2) is 8.46. The average Bonchev–Trinajstić information content (AvgIpc) is 1.79. The highest BCUT2D eigenvalue weighted by Gasteiger charge is 1.99. The summed E-state index contributed by atoms with van der Waals surface area (Å²) < 4.78 is 0. The van der Waals surface area contributed by atoms with Gasteiger partial charge in [0.25, 0.3) is 0 Å². The summed E-state index contributed by atoms with van der Waals surface area (Å²) in [6, 6.07) is -0.449.